The third-order valence-electron chi connectivity index (χ3n) is 3.43. The van der Waals surface area contributed by atoms with Crippen LogP contribution in [0.3, 0.4) is 0 Å². The molecule has 0 amide bonds. The number of hydrogen-bond donors (Lipinski definition) is 0. The molecule has 17 heavy (non-hydrogen) atoms. The van der Waals surface area contributed by atoms with E-state index in [0.29, 0.717) is 6.61 Å². The molecule has 3 nitrogen and oxygen atoms in total. The van der Waals surface area contributed by atoms with Gasteiger partial charge < -0.3 is 4.52 Å². The Morgan fingerprint density at radius 3 is 2.47 bits per heavy atom. The van der Waals surface area contributed by atoms with Crippen molar-refractivity contribution in [3.05, 3.63) is 29.8 Å². The minimum atomic E-state index is -3.11. The zero-order valence-corrected chi connectivity index (χ0v) is 11.5. The molecular formula is C13H19O3P. The highest BCUT2D eigenvalue weighted by molar-refractivity contribution is 7.62. The van der Waals surface area contributed by atoms with Gasteiger partial charge in [0.25, 0.3) is 0 Å². The second-order valence-corrected chi connectivity index (χ2v) is 6.14. The van der Waals surface area contributed by atoms with E-state index in [-0.39, 0.29) is 0 Å². The van der Waals surface area contributed by atoms with Crippen molar-refractivity contribution in [1.29, 1.82) is 0 Å². The van der Waals surface area contributed by atoms with Gasteiger partial charge in [0.15, 0.2) is 0 Å². The molecule has 94 valence electrons. The van der Waals surface area contributed by atoms with Crippen molar-refractivity contribution in [3.8, 4) is 0 Å². The van der Waals surface area contributed by atoms with Gasteiger partial charge in [-0.15, -0.1) is 0 Å². The first-order valence-corrected chi connectivity index (χ1v) is 7.71. The van der Waals surface area contributed by atoms with Gasteiger partial charge in [0, 0.05) is 0 Å². The van der Waals surface area contributed by atoms with Crippen molar-refractivity contribution < 1.29 is 13.6 Å². The maximum Gasteiger partial charge on any atom is 0.362 e. The molecule has 1 unspecified atom stereocenters. The smallest absolute Gasteiger partial charge is 0.305 e. The van der Waals surface area contributed by atoms with Crippen molar-refractivity contribution in [2.75, 3.05) is 6.61 Å². The van der Waals surface area contributed by atoms with Gasteiger partial charge in [-0.25, -0.2) is 0 Å². The number of rotatable bonds is 4. The van der Waals surface area contributed by atoms with E-state index in [0.717, 1.165) is 23.7 Å². The molecule has 0 N–H and O–H groups in total. The lowest BCUT2D eigenvalue weighted by Crippen LogP contribution is -2.23. The molecule has 0 bridgehead atoms. The van der Waals surface area contributed by atoms with E-state index in [1.807, 2.05) is 31.2 Å². The normalized spacial score (nSPS) is 25.8. The van der Waals surface area contributed by atoms with Crippen LogP contribution in [-0.4, -0.2) is 6.61 Å². The first-order valence-electron chi connectivity index (χ1n) is 6.17. The Labute approximate surface area is 103 Å². The molecule has 1 heterocycles. The van der Waals surface area contributed by atoms with Crippen LogP contribution in [0.5, 0.6) is 0 Å². The Morgan fingerprint density at radius 1 is 1.24 bits per heavy atom. The SMILES string of the molecule is CCOP1(=O)OC(CC)(CC)c2ccccc21. The van der Waals surface area contributed by atoms with Gasteiger partial charge in [-0.2, -0.15) is 0 Å². The van der Waals surface area contributed by atoms with E-state index in [4.69, 9.17) is 9.05 Å². The first kappa shape index (κ1) is 12.8. The third kappa shape index (κ3) is 1.87. The highest BCUT2D eigenvalue weighted by Crippen LogP contribution is 2.61. The Hall–Kier alpha value is -0.630. The molecule has 1 aliphatic heterocycles. The molecule has 2 rings (SSSR count). The molecule has 4 heteroatoms. The number of fused-ring (bicyclic) bond motifs is 1. The summed E-state index contributed by atoms with van der Waals surface area (Å²) in [5.41, 5.74) is 0.586. The summed E-state index contributed by atoms with van der Waals surface area (Å²) >= 11 is 0. The van der Waals surface area contributed by atoms with Crippen LogP contribution < -0.4 is 5.30 Å². The van der Waals surface area contributed by atoms with Crippen LogP contribution in [0.25, 0.3) is 0 Å². The minimum absolute atomic E-state index is 0.398. The number of hydrogen-bond acceptors (Lipinski definition) is 3. The molecule has 0 radical (unpaired) electrons. The van der Waals surface area contributed by atoms with Crippen LogP contribution in [0.4, 0.5) is 0 Å². The maximum absolute atomic E-state index is 12.7. The molecule has 0 saturated carbocycles. The average Bonchev–Trinajstić information content (AvgIpc) is 2.61. The van der Waals surface area contributed by atoms with E-state index in [1.165, 1.54) is 0 Å². The lowest BCUT2D eigenvalue weighted by Gasteiger charge is -2.26. The van der Waals surface area contributed by atoms with E-state index < -0.39 is 13.2 Å². The van der Waals surface area contributed by atoms with E-state index in [1.54, 1.807) is 0 Å². The highest BCUT2D eigenvalue weighted by atomic mass is 31.2. The van der Waals surface area contributed by atoms with Crippen LogP contribution in [0.1, 0.15) is 39.2 Å². The van der Waals surface area contributed by atoms with Gasteiger partial charge in [-0.05, 0) is 31.4 Å². The summed E-state index contributed by atoms with van der Waals surface area (Å²) < 4.78 is 24.0. The Kier molecular flexibility index (Phi) is 3.44. The summed E-state index contributed by atoms with van der Waals surface area (Å²) in [6.45, 7) is 6.35. The zero-order chi connectivity index (χ0) is 12.5. The van der Waals surface area contributed by atoms with Crippen LogP contribution in [-0.2, 0) is 19.2 Å². The monoisotopic (exact) mass is 254 g/mol. The van der Waals surface area contributed by atoms with Crippen LogP contribution in [0.15, 0.2) is 24.3 Å². The molecular weight excluding hydrogens is 235 g/mol. The fraction of sp³-hybridized carbons (Fsp3) is 0.538. The van der Waals surface area contributed by atoms with Crippen LogP contribution in [0.2, 0.25) is 0 Å². The third-order valence-corrected chi connectivity index (χ3v) is 5.59. The van der Waals surface area contributed by atoms with E-state index >= 15 is 0 Å². The molecule has 0 aliphatic carbocycles. The highest BCUT2D eigenvalue weighted by Gasteiger charge is 2.50. The van der Waals surface area contributed by atoms with Crippen molar-refractivity contribution in [3.63, 3.8) is 0 Å². The summed E-state index contributed by atoms with van der Waals surface area (Å²) in [4.78, 5) is 0. The molecule has 1 atom stereocenters. The van der Waals surface area contributed by atoms with Gasteiger partial charge in [0.2, 0.25) is 0 Å². The number of benzene rings is 1. The topological polar surface area (TPSA) is 35.5 Å². The zero-order valence-electron chi connectivity index (χ0n) is 10.6. The summed E-state index contributed by atoms with van der Waals surface area (Å²) in [7, 11) is -3.11. The fourth-order valence-corrected chi connectivity index (χ4v) is 4.74. The largest absolute Gasteiger partial charge is 0.362 e. The van der Waals surface area contributed by atoms with Gasteiger partial charge in [0.1, 0.15) is 5.60 Å². The summed E-state index contributed by atoms with van der Waals surface area (Å²) in [5.74, 6) is 0. The predicted octanol–water partition coefficient (Wildman–Crippen LogP) is 3.59. The van der Waals surface area contributed by atoms with Crippen molar-refractivity contribution in [2.45, 2.75) is 39.2 Å². The van der Waals surface area contributed by atoms with Crippen LogP contribution in [0, 0.1) is 0 Å². The molecule has 1 aromatic rings. The van der Waals surface area contributed by atoms with E-state index in [9.17, 15) is 4.57 Å². The molecule has 0 saturated heterocycles. The molecule has 1 aliphatic rings. The second kappa shape index (κ2) is 4.56. The van der Waals surface area contributed by atoms with Crippen LogP contribution >= 0.6 is 7.60 Å². The Balaban J connectivity index is 2.57. The van der Waals surface area contributed by atoms with Gasteiger partial charge in [-0.1, -0.05) is 32.0 Å². The lowest BCUT2D eigenvalue weighted by molar-refractivity contribution is 0.0522. The quantitative estimate of drug-likeness (QED) is 0.770. The second-order valence-electron chi connectivity index (χ2n) is 4.23. The van der Waals surface area contributed by atoms with Crippen molar-refractivity contribution >= 4 is 12.9 Å². The lowest BCUT2D eigenvalue weighted by atomic mass is 9.89. The average molecular weight is 254 g/mol. The molecule has 0 spiro atoms. The molecule has 0 aromatic heterocycles. The Morgan fingerprint density at radius 2 is 1.88 bits per heavy atom. The van der Waals surface area contributed by atoms with Gasteiger partial charge in [-0.3, -0.25) is 9.09 Å². The first-order chi connectivity index (χ1) is 8.12. The Bertz CT molecular complexity index is 452. The van der Waals surface area contributed by atoms with Gasteiger partial charge in [0.05, 0.1) is 11.9 Å². The summed E-state index contributed by atoms with van der Waals surface area (Å²) in [6.07, 6.45) is 1.61. The maximum atomic E-state index is 12.7. The molecule has 0 fully saturated rings. The summed E-state index contributed by atoms with van der Waals surface area (Å²) in [6, 6.07) is 7.71. The van der Waals surface area contributed by atoms with Crippen molar-refractivity contribution in [2.24, 2.45) is 0 Å². The standard InChI is InChI=1S/C13H19O3P/c1-4-13(5-2)11-9-7-8-10-12(11)17(14,16-13)15-6-3/h7-10H,4-6H2,1-3H3. The molecule has 1 aromatic carbocycles. The summed E-state index contributed by atoms with van der Waals surface area (Å²) in [5, 5.41) is 0.741. The van der Waals surface area contributed by atoms with Gasteiger partial charge >= 0.3 is 7.60 Å². The predicted molar refractivity (Wildman–Crippen MR) is 68.7 cm³/mol. The van der Waals surface area contributed by atoms with Crippen molar-refractivity contribution in [1.82, 2.24) is 0 Å². The fourth-order valence-electron chi connectivity index (χ4n) is 2.45. The van der Waals surface area contributed by atoms with E-state index in [2.05, 4.69) is 13.8 Å². The minimum Gasteiger partial charge on any atom is -0.305 e.